The van der Waals surface area contributed by atoms with Gasteiger partial charge in [-0.1, -0.05) is 26.2 Å². The summed E-state index contributed by atoms with van der Waals surface area (Å²) in [7, 11) is 0. The van der Waals surface area contributed by atoms with Gasteiger partial charge in [0.05, 0.1) is 12.2 Å². The second kappa shape index (κ2) is 10.9. The van der Waals surface area contributed by atoms with Crippen LogP contribution in [0.15, 0.2) is 22.5 Å². The van der Waals surface area contributed by atoms with Gasteiger partial charge in [-0.05, 0) is 25.7 Å². The maximum atomic E-state index is 7.66. The number of hydrogen-bond acceptors (Lipinski definition) is 8. The van der Waals surface area contributed by atoms with E-state index in [0.717, 1.165) is 57.6 Å². The maximum Gasteiger partial charge on any atom is 0.170 e. The molecule has 0 aromatic carbocycles. The molecule has 0 aliphatic carbocycles. The lowest BCUT2D eigenvalue weighted by atomic mass is 10.1. The molecule has 9 heteroatoms. The Kier molecular flexibility index (Phi) is 8.53. The van der Waals surface area contributed by atoms with Crippen molar-refractivity contribution in [1.82, 2.24) is 14.4 Å². The summed E-state index contributed by atoms with van der Waals surface area (Å²) in [6, 6.07) is 0.147. The van der Waals surface area contributed by atoms with Gasteiger partial charge >= 0.3 is 0 Å². The molecule has 1 aromatic heterocycles. The summed E-state index contributed by atoms with van der Waals surface area (Å²) in [5, 5.41) is 11.9. The van der Waals surface area contributed by atoms with Gasteiger partial charge in [0, 0.05) is 44.3 Å². The minimum atomic E-state index is 0.147. The molecule has 0 spiro atoms. The SMILES string of the molecule is C=Nn1c(N2CCCC2)c(/C(C=N)=C/N)ncc1=NC(CCC)CCNS. The first kappa shape index (κ1) is 21.2. The van der Waals surface area contributed by atoms with Crippen LogP contribution in [0.4, 0.5) is 5.82 Å². The smallest absolute Gasteiger partial charge is 0.170 e. The average molecular weight is 391 g/mol. The molecular weight excluding hydrogens is 360 g/mol. The number of rotatable bonds is 10. The van der Waals surface area contributed by atoms with Crippen LogP contribution in [0.1, 0.15) is 44.7 Å². The maximum absolute atomic E-state index is 7.66. The predicted octanol–water partition coefficient (Wildman–Crippen LogP) is 1.79. The molecule has 1 atom stereocenters. The lowest BCUT2D eigenvalue weighted by Crippen LogP contribution is -2.31. The fourth-order valence-corrected chi connectivity index (χ4v) is 3.44. The summed E-state index contributed by atoms with van der Waals surface area (Å²) in [5.74, 6) is 0.798. The molecule has 1 aromatic rings. The topological polar surface area (TPSA) is 108 Å². The van der Waals surface area contributed by atoms with Crippen LogP contribution in [0.2, 0.25) is 0 Å². The molecule has 27 heavy (non-hydrogen) atoms. The standard InChI is InChI=1S/C18H30N8S/c1-3-6-15(7-8-23-27)24-16-13-22-17(14(11-19)12-20)18(26(16)21-2)25-9-4-5-10-25/h11-13,15,19,23,27H,2-10,20H2,1H3/b14-12+,19-11?,24-16?. The summed E-state index contributed by atoms with van der Waals surface area (Å²) < 4.78 is 4.62. The molecule has 2 rings (SSSR count). The molecule has 148 valence electrons. The van der Waals surface area contributed by atoms with E-state index >= 15 is 0 Å². The molecule has 8 nitrogen and oxygen atoms in total. The summed E-state index contributed by atoms with van der Waals surface area (Å²) in [6.45, 7) is 8.50. The first-order valence-corrected chi connectivity index (χ1v) is 9.82. The monoisotopic (exact) mass is 390 g/mol. The zero-order valence-electron chi connectivity index (χ0n) is 15.9. The van der Waals surface area contributed by atoms with Crippen molar-refractivity contribution in [3.05, 3.63) is 23.6 Å². The van der Waals surface area contributed by atoms with Gasteiger partial charge in [0.15, 0.2) is 11.3 Å². The Morgan fingerprint density at radius 1 is 1.48 bits per heavy atom. The highest BCUT2D eigenvalue weighted by atomic mass is 32.1. The van der Waals surface area contributed by atoms with Gasteiger partial charge in [-0.15, -0.1) is 0 Å². The second-order valence-electron chi connectivity index (χ2n) is 6.47. The summed E-state index contributed by atoms with van der Waals surface area (Å²) in [5.41, 5.74) is 7.56. The summed E-state index contributed by atoms with van der Waals surface area (Å²) in [6.07, 6.45) is 9.41. The van der Waals surface area contributed by atoms with E-state index in [1.165, 1.54) is 12.4 Å². The van der Waals surface area contributed by atoms with Gasteiger partial charge in [0.1, 0.15) is 5.69 Å². The number of thiol groups is 1. The predicted molar refractivity (Wildman–Crippen MR) is 115 cm³/mol. The highest BCUT2D eigenvalue weighted by Gasteiger charge is 2.22. The van der Waals surface area contributed by atoms with Crippen molar-refractivity contribution in [3.63, 3.8) is 0 Å². The molecule has 1 saturated heterocycles. The molecule has 4 N–H and O–H groups in total. The van der Waals surface area contributed by atoms with Gasteiger partial charge in [-0.3, -0.25) is 9.71 Å². The Morgan fingerprint density at radius 3 is 2.78 bits per heavy atom. The third-order valence-corrected chi connectivity index (χ3v) is 4.84. The zero-order valence-corrected chi connectivity index (χ0v) is 16.8. The van der Waals surface area contributed by atoms with Crippen molar-refractivity contribution in [3.8, 4) is 0 Å². The van der Waals surface area contributed by atoms with Crippen LogP contribution in [-0.2, 0) is 0 Å². The number of nitrogens with two attached hydrogens (primary N) is 1. The van der Waals surface area contributed by atoms with E-state index in [4.69, 9.17) is 16.1 Å². The van der Waals surface area contributed by atoms with E-state index in [2.05, 4.69) is 46.2 Å². The summed E-state index contributed by atoms with van der Waals surface area (Å²) >= 11 is 4.08. The average Bonchev–Trinajstić information content (AvgIpc) is 3.22. The van der Waals surface area contributed by atoms with Crippen LogP contribution >= 0.6 is 12.8 Å². The van der Waals surface area contributed by atoms with Crippen LogP contribution in [0, 0.1) is 5.41 Å². The van der Waals surface area contributed by atoms with Crippen LogP contribution in [-0.4, -0.2) is 48.3 Å². The number of anilines is 1. The minimum Gasteiger partial charge on any atom is -0.404 e. The normalized spacial score (nSPS) is 16.6. The fraction of sp³-hybridized carbons (Fsp3) is 0.556. The molecule has 1 fully saturated rings. The second-order valence-corrected chi connectivity index (χ2v) is 6.79. The Labute approximate surface area is 166 Å². The van der Waals surface area contributed by atoms with Gasteiger partial charge < -0.3 is 16.0 Å². The van der Waals surface area contributed by atoms with Crippen LogP contribution < -0.4 is 20.8 Å². The molecule has 0 saturated carbocycles. The molecule has 1 unspecified atom stereocenters. The number of hydrogen-bond donors (Lipinski definition) is 4. The Morgan fingerprint density at radius 2 is 2.22 bits per heavy atom. The molecule has 1 aliphatic heterocycles. The minimum absolute atomic E-state index is 0.147. The first-order valence-electron chi connectivity index (χ1n) is 9.37. The van der Waals surface area contributed by atoms with E-state index in [1.54, 1.807) is 10.9 Å². The number of aromatic nitrogens is 2. The Hall–Kier alpha value is -2.13. The van der Waals surface area contributed by atoms with Gasteiger partial charge in [-0.25, -0.2) is 4.98 Å². The number of allylic oxidation sites excluding steroid dienone is 1. The van der Waals surface area contributed by atoms with Crippen molar-refractivity contribution in [1.29, 1.82) is 5.41 Å². The lowest BCUT2D eigenvalue weighted by molar-refractivity contribution is 0.541. The quantitative estimate of drug-likeness (QED) is 0.361. The van der Waals surface area contributed by atoms with Crippen molar-refractivity contribution >= 4 is 37.1 Å². The Bertz CT molecular complexity index is 733. The van der Waals surface area contributed by atoms with Crippen molar-refractivity contribution in [2.75, 3.05) is 24.5 Å². The zero-order chi connectivity index (χ0) is 19.6. The van der Waals surface area contributed by atoms with E-state index < -0.39 is 0 Å². The van der Waals surface area contributed by atoms with E-state index in [9.17, 15) is 0 Å². The van der Waals surface area contributed by atoms with Crippen LogP contribution in [0.5, 0.6) is 0 Å². The van der Waals surface area contributed by atoms with E-state index in [0.29, 0.717) is 16.8 Å². The highest BCUT2D eigenvalue weighted by molar-refractivity contribution is 7.78. The third kappa shape index (κ3) is 5.20. The number of nitrogens with zero attached hydrogens (tertiary/aromatic N) is 5. The molecule has 2 heterocycles. The van der Waals surface area contributed by atoms with Crippen molar-refractivity contribution < 1.29 is 0 Å². The largest absolute Gasteiger partial charge is 0.404 e. The van der Waals surface area contributed by atoms with Crippen LogP contribution in [0.25, 0.3) is 5.57 Å². The van der Waals surface area contributed by atoms with Crippen LogP contribution in [0.3, 0.4) is 0 Å². The third-order valence-electron chi connectivity index (χ3n) is 4.62. The van der Waals surface area contributed by atoms with Crippen molar-refractivity contribution in [2.24, 2.45) is 15.8 Å². The van der Waals surface area contributed by atoms with Gasteiger partial charge in [0.2, 0.25) is 0 Å². The molecule has 0 radical (unpaired) electrons. The van der Waals surface area contributed by atoms with E-state index in [1.807, 2.05) is 0 Å². The first-order chi connectivity index (χ1) is 13.2. The Balaban J connectivity index is 2.62. The van der Waals surface area contributed by atoms with Gasteiger partial charge in [0.25, 0.3) is 0 Å². The fourth-order valence-electron chi connectivity index (χ4n) is 3.31. The highest BCUT2D eigenvalue weighted by Crippen LogP contribution is 2.26. The van der Waals surface area contributed by atoms with Crippen molar-refractivity contribution in [2.45, 2.75) is 45.1 Å². The van der Waals surface area contributed by atoms with Gasteiger partial charge in [-0.2, -0.15) is 9.78 Å². The lowest BCUT2D eigenvalue weighted by Gasteiger charge is -2.23. The molecule has 0 bridgehead atoms. The van der Waals surface area contributed by atoms with E-state index in [-0.39, 0.29) is 6.04 Å². The number of nitrogens with one attached hydrogen (secondary N) is 2. The molecule has 0 amide bonds. The molecule has 1 aliphatic rings. The molecular formula is C18H30N8S. The summed E-state index contributed by atoms with van der Waals surface area (Å²) in [4.78, 5) is 11.7.